The van der Waals surface area contributed by atoms with Crippen LogP contribution in [0.2, 0.25) is 0 Å². The Kier molecular flexibility index (Phi) is 6.13. The van der Waals surface area contributed by atoms with E-state index < -0.39 is 0 Å². The number of ether oxygens (including phenoxy) is 2. The van der Waals surface area contributed by atoms with Gasteiger partial charge in [0.1, 0.15) is 13.2 Å². The first-order valence-corrected chi connectivity index (χ1v) is 8.10. The summed E-state index contributed by atoms with van der Waals surface area (Å²) >= 11 is 0. The van der Waals surface area contributed by atoms with Crippen LogP contribution >= 0.6 is 12.4 Å². The van der Waals surface area contributed by atoms with Gasteiger partial charge in [0, 0.05) is 24.9 Å². The Bertz CT molecular complexity index is 545. The molecule has 128 valence electrons. The molecule has 1 saturated carbocycles. The molecule has 0 spiro atoms. The second-order valence-electron chi connectivity index (χ2n) is 6.16. The second-order valence-corrected chi connectivity index (χ2v) is 6.16. The molecular formula is C17H25ClN2O3. The van der Waals surface area contributed by atoms with Gasteiger partial charge in [-0.3, -0.25) is 4.79 Å². The molecule has 0 radical (unpaired) electrons. The van der Waals surface area contributed by atoms with Gasteiger partial charge in [-0.05, 0) is 30.5 Å². The maximum Gasteiger partial charge on any atom is 0.221 e. The Morgan fingerprint density at radius 2 is 1.87 bits per heavy atom. The van der Waals surface area contributed by atoms with Crippen molar-refractivity contribution in [2.75, 3.05) is 26.3 Å². The first kappa shape index (κ1) is 17.9. The average Bonchev–Trinajstić information content (AvgIpc) is 3.03. The van der Waals surface area contributed by atoms with Gasteiger partial charge in [-0.2, -0.15) is 0 Å². The Labute approximate surface area is 143 Å². The zero-order valence-corrected chi connectivity index (χ0v) is 14.1. The zero-order chi connectivity index (χ0) is 15.4. The minimum absolute atomic E-state index is 0. The molecule has 1 amide bonds. The summed E-state index contributed by atoms with van der Waals surface area (Å²) < 4.78 is 11.3. The molecule has 0 saturated heterocycles. The Morgan fingerprint density at radius 3 is 2.57 bits per heavy atom. The van der Waals surface area contributed by atoms with Gasteiger partial charge in [0.15, 0.2) is 11.5 Å². The fourth-order valence-corrected chi connectivity index (χ4v) is 3.48. The van der Waals surface area contributed by atoms with Gasteiger partial charge in [0.25, 0.3) is 0 Å². The van der Waals surface area contributed by atoms with Crippen LogP contribution in [0.3, 0.4) is 0 Å². The van der Waals surface area contributed by atoms with Crippen LogP contribution in [0.15, 0.2) is 18.2 Å². The molecule has 5 nitrogen and oxygen atoms in total. The summed E-state index contributed by atoms with van der Waals surface area (Å²) in [5.74, 6) is 1.67. The second kappa shape index (κ2) is 7.88. The quantitative estimate of drug-likeness (QED) is 0.861. The number of hydrogen-bond acceptors (Lipinski definition) is 4. The Balaban J connectivity index is 0.00000192. The van der Waals surface area contributed by atoms with Crippen LogP contribution in [0.5, 0.6) is 11.5 Å². The molecule has 1 heterocycles. The average molecular weight is 341 g/mol. The summed E-state index contributed by atoms with van der Waals surface area (Å²) in [6, 6.07) is 6.20. The molecule has 6 heteroatoms. The van der Waals surface area contributed by atoms with E-state index in [1.165, 1.54) is 18.4 Å². The lowest BCUT2D eigenvalue weighted by molar-refractivity contribution is -0.121. The Hall–Kier alpha value is -1.46. The number of carbonyl (C=O) groups excluding carboxylic acids is 1. The number of hydrogen-bond donors (Lipinski definition) is 2. The first-order chi connectivity index (χ1) is 10.7. The molecule has 1 aliphatic carbocycles. The number of carbonyl (C=O) groups is 1. The predicted octanol–water partition coefficient (Wildman–Crippen LogP) is 2.16. The third kappa shape index (κ3) is 3.90. The highest BCUT2D eigenvalue weighted by molar-refractivity contribution is 5.85. The minimum atomic E-state index is 0. The molecule has 1 aliphatic heterocycles. The van der Waals surface area contributed by atoms with Gasteiger partial charge in [0.05, 0.1) is 0 Å². The number of rotatable bonds is 5. The van der Waals surface area contributed by atoms with Gasteiger partial charge >= 0.3 is 0 Å². The lowest BCUT2D eigenvalue weighted by Crippen LogP contribution is -2.39. The third-order valence-electron chi connectivity index (χ3n) is 4.71. The highest BCUT2D eigenvalue weighted by Crippen LogP contribution is 2.43. The fourth-order valence-electron chi connectivity index (χ4n) is 3.48. The highest BCUT2D eigenvalue weighted by Gasteiger charge is 2.36. The van der Waals surface area contributed by atoms with Crippen LogP contribution in [0.4, 0.5) is 0 Å². The smallest absolute Gasteiger partial charge is 0.221 e. The van der Waals surface area contributed by atoms with Crippen LogP contribution in [-0.4, -0.2) is 32.2 Å². The van der Waals surface area contributed by atoms with E-state index >= 15 is 0 Å². The van der Waals surface area contributed by atoms with Crippen LogP contribution in [0, 0.1) is 0 Å². The summed E-state index contributed by atoms with van der Waals surface area (Å²) in [4.78, 5) is 11.8. The van der Waals surface area contributed by atoms with Crippen molar-refractivity contribution in [1.82, 2.24) is 5.32 Å². The number of nitrogens with two attached hydrogens (primary N) is 1. The topological polar surface area (TPSA) is 73.6 Å². The maximum absolute atomic E-state index is 11.8. The van der Waals surface area contributed by atoms with E-state index in [0.717, 1.165) is 24.3 Å². The van der Waals surface area contributed by atoms with Crippen molar-refractivity contribution in [3.8, 4) is 11.5 Å². The first-order valence-electron chi connectivity index (χ1n) is 8.10. The number of halogens is 1. The van der Waals surface area contributed by atoms with Gasteiger partial charge in [-0.1, -0.05) is 18.9 Å². The molecule has 1 fully saturated rings. The fraction of sp³-hybridized carbons (Fsp3) is 0.588. The van der Waals surface area contributed by atoms with E-state index in [9.17, 15) is 4.79 Å². The van der Waals surface area contributed by atoms with Crippen LogP contribution < -0.4 is 20.5 Å². The lowest BCUT2D eigenvalue weighted by Gasteiger charge is -2.31. The molecule has 0 unspecified atom stereocenters. The van der Waals surface area contributed by atoms with E-state index in [2.05, 4.69) is 17.4 Å². The largest absolute Gasteiger partial charge is 0.486 e. The summed E-state index contributed by atoms with van der Waals surface area (Å²) in [7, 11) is 0. The van der Waals surface area contributed by atoms with Crippen molar-refractivity contribution in [3.63, 3.8) is 0 Å². The molecule has 1 aromatic carbocycles. The van der Waals surface area contributed by atoms with Crippen molar-refractivity contribution in [2.24, 2.45) is 5.73 Å². The third-order valence-corrected chi connectivity index (χ3v) is 4.71. The summed E-state index contributed by atoms with van der Waals surface area (Å²) in [5.41, 5.74) is 6.69. The van der Waals surface area contributed by atoms with Crippen LogP contribution in [0.25, 0.3) is 0 Å². The normalized spacial score (nSPS) is 18.1. The monoisotopic (exact) mass is 340 g/mol. The van der Waals surface area contributed by atoms with Gasteiger partial charge in [-0.15, -0.1) is 12.4 Å². The molecule has 1 aromatic rings. The summed E-state index contributed by atoms with van der Waals surface area (Å²) in [6.45, 7) is 2.26. The van der Waals surface area contributed by atoms with E-state index in [-0.39, 0.29) is 23.7 Å². The van der Waals surface area contributed by atoms with Crippen molar-refractivity contribution in [3.05, 3.63) is 23.8 Å². The molecule has 0 aromatic heterocycles. The summed E-state index contributed by atoms with van der Waals surface area (Å²) in [5, 5.41) is 3.05. The summed E-state index contributed by atoms with van der Waals surface area (Å²) in [6.07, 6.45) is 4.96. The molecule has 0 bridgehead atoms. The van der Waals surface area contributed by atoms with Gasteiger partial charge in [0.2, 0.25) is 5.91 Å². The van der Waals surface area contributed by atoms with Crippen molar-refractivity contribution < 1.29 is 14.3 Å². The lowest BCUT2D eigenvalue weighted by atomic mass is 9.78. The maximum atomic E-state index is 11.8. The van der Waals surface area contributed by atoms with E-state index in [4.69, 9.17) is 15.2 Å². The predicted molar refractivity (Wildman–Crippen MR) is 91.5 cm³/mol. The van der Waals surface area contributed by atoms with Gasteiger partial charge in [-0.25, -0.2) is 0 Å². The van der Waals surface area contributed by atoms with Crippen molar-refractivity contribution in [2.45, 2.75) is 37.5 Å². The van der Waals surface area contributed by atoms with E-state index in [1.807, 2.05) is 6.07 Å². The van der Waals surface area contributed by atoms with E-state index in [1.54, 1.807) is 0 Å². The number of nitrogens with one attached hydrogen (secondary N) is 1. The molecular weight excluding hydrogens is 316 g/mol. The standard InChI is InChI=1S/C17H24N2O3.ClH/c18-8-5-16(20)19-12-17(6-1-2-7-17)13-3-4-14-15(11-13)22-10-9-21-14;/h3-4,11H,1-2,5-10,12,18H2,(H,19,20);1H. The number of benzene rings is 1. The number of fused-ring (bicyclic) bond motifs is 1. The molecule has 3 rings (SSSR count). The molecule has 3 N–H and O–H groups in total. The number of amides is 1. The minimum Gasteiger partial charge on any atom is -0.486 e. The van der Waals surface area contributed by atoms with Crippen LogP contribution in [-0.2, 0) is 10.2 Å². The van der Waals surface area contributed by atoms with Crippen molar-refractivity contribution in [1.29, 1.82) is 0 Å². The highest BCUT2D eigenvalue weighted by atomic mass is 35.5. The van der Waals surface area contributed by atoms with Gasteiger partial charge < -0.3 is 20.5 Å². The molecule has 0 atom stereocenters. The molecule has 2 aliphatic rings. The SMILES string of the molecule is Cl.NCCC(=O)NCC1(c2ccc3c(c2)OCCO3)CCCC1. The van der Waals surface area contributed by atoms with E-state index in [0.29, 0.717) is 32.7 Å². The van der Waals surface area contributed by atoms with Crippen LogP contribution in [0.1, 0.15) is 37.7 Å². The Morgan fingerprint density at radius 1 is 1.17 bits per heavy atom. The zero-order valence-electron chi connectivity index (χ0n) is 13.3. The molecule has 23 heavy (non-hydrogen) atoms. The van der Waals surface area contributed by atoms with Crippen molar-refractivity contribution >= 4 is 18.3 Å².